The second-order valence-electron chi connectivity index (χ2n) is 4.23. The molecule has 5 heteroatoms. The molecule has 2 rings (SSSR count). The van der Waals surface area contributed by atoms with Crippen LogP contribution in [0.5, 0.6) is 0 Å². The second-order valence-corrected chi connectivity index (χ2v) is 5.02. The van der Waals surface area contributed by atoms with Gasteiger partial charge >= 0.3 is 0 Å². The summed E-state index contributed by atoms with van der Waals surface area (Å²) in [6, 6.07) is 2.33. The van der Waals surface area contributed by atoms with Crippen LogP contribution in [0.4, 0.5) is 4.39 Å². The van der Waals surface area contributed by atoms with Gasteiger partial charge in [0.2, 0.25) is 0 Å². The van der Waals surface area contributed by atoms with Crippen LogP contribution < -0.4 is 5.73 Å². The molecule has 1 aromatic rings. The lowest BCUT2D eigenvalue weighted by Gasteiger charge is -2.28. The van der Waals surface area contributed by atoms with Crippen LogP contribution in [0.25, 0.3) is 0 Å². The number of ether oxygens (including phenoxy) is 1. The Morgan fingerprint density at radius 3 is 2.59 bits per heavy atom. The van der Waals surface area contributed by atoms with Crippen molar-refractivity contribution in [2.24, 2.45) is 11.7 Å². The van der Waals surface area contributed by atoms with Crippen LogP contribution in [0.2, 0.25) is 10.0 Å². The Kier molecular flexibility index (Phi) is 4.26. The minimum Gasteiger partial charge on any atom is -0.381 e. The molecule has 1 aliphatic heterocycles. The minimum absolute atomic E-state index is 0.189. The number of benzene rings is 1. The van der Waals surface area contributed by atoms with Crippen molar-refractivity contribution in [1.82, 2.24) is 0 Å². The molecule has 1 saturated heterocycles. The largest absolute Gasteiger partial charge is 0.381 e. The highest BCUT2D eigenvalue weighted by Gasteiger charge is 2.27. The lowest BCUT2D eigenvalue weighted by Crippen LogP contribution is -2.28. The maximum absolute atomic E-state index is 13.8. The van der Waals surface area contributed by atoms with Crippen LogP contribution in [-0.4, -0.2) is 13.2 Å². The first-order valence-corrected chi connectivity index (χ1v) is 6.33. The molecule has 17 heavy (non-hydrogen) atoms. The van der Waals surface area contributed by atoms with Gasteiger partial charge < -0.3 is 10.5 Å². The number of halogens is 3. The van der Waals surface area contributed by atoms with Crippen molar-refractivity contribution in [2.75, 3.05) is 13.2 Å². The van der Waals surface area contributed by atoms with Crippen molar-refractivity contribution in [3.05, 3.63) is 33.6 Å². The third-order valence-electron chi connectivity index (χ3n) is 3.19. The van der Waals surface area contributed by atoms with Crippen LogP contribution in [0.1, 0.15) is 24.4 Å². The average Bonchev–Trinajstić information content (AvgIpc) is 2.35. The van der Waals surface area contributed by atoms with Gasteiger partial charge in [0, 0.05) is 24.8 Å². The summed E-state index contributed by atoms with van der Waals surface area (Å²) in [6.45, 7) is 1.33. The van der Waals surface area contributed by atoms with Gasteiger partial charge in [-0.05, 0) is 30.9 Å². The van der Waals surface area contributed by atoms with E-state index in [1.165, 1.54) is 12.1 Å². The second kappa shape index (κ2) is 5.53. The maximum Gasteiger partial charge on any atom is 0.129 e. The number of hydrogen-bond acceptors (Lipinski definition) is 2. The summed E-state index contributed by atoms with van der Waals surface area (Å²) in [5, 5.41) is 0.566. The number of rotatable bonds is 2. The van der Waals surface area contributed by atoms with Gasteiger partial charge in [-0.3, -0.25) is 0 Å². The number of hydrogen-bond donors (Lipinski definition) is 1. The molecule has 0 saturated carbocycles. The zero-order valence-electron chi connectivity index (χ0n) is 9.26. The molecule has 0 aromatic heterocycles. The van der Waals surface area contributed by atoms with Gasteiger partial charge in [-0.25, -0.2) is 4.39 Å². The van der Waals surface area contributed by atoms with Crippen molar-refractivity contribution >= 4 is 23.2 Å². The van der Waals surface area contributed by atoms with Gasteiger partial charge in [-0.2, -0.15) is 0 Å². The quantitative estimate of drug-likeness (QED) is 0.839. The van der Waals surface area contributed by atoms with Gasteiger partial charge in [0.25, 0.3) is 0 Å². The molecule has 2 N–H and O–H groups in total. The first kappa shape index (κ1) is 13.1. The van der Waals surface area contributed by atoms with Gasteiger partial charge in [-0.15, -0.1) is 0 Å². The Morgan fingerprint density at radius 1 is 1.29 bits per heavy atom. The van der Waals surface area contributed by atoms with Crippen LogP contribution in [0.15, 0.2) is 12.1 Å². The average molecular weight is 278 g/mol. The first-order valence-electron chi connectivity index (χ1n) is 5.58. The molecule has 1 aromatic carbocycles. The summed E-state index contributed by atoms with van der Waals surface area (Å²) in [5.41, 5.74) is 6.43. The monoisotopic (exact) mass is 277 g/mol. The summed E-state index contributed by atoms with van der Waals surface area (Å²) >= 11 is 11.9. The molecule has 1 heterocycles. The van der Waals surface area contributed by atoms with Crippen LogP contribution >= 0.6 is 23.2 Å². The first-order chi connectivity index (χ1) is 8.11. The normalized spacial score (nSPS) is 19.3. The van der Waals surface area contributed by atoms with Crippen molar-refractivity contribution < 1.29 is 9.13 Å². The van der Waals surface area contributed by atoms with E-state index in [1.54, 1.807) is 0 Å². The molecule has 0 spiro atoms. The van der Waals surface area contributed by atoms with Crippen molar-refractivity contribution in [3.63, 3.8) is 0 Å². The maximum atomic E-state index is 13.8. The Labute approximate surface area is 110 Å². The van der Waals surface area contributed by atoms with E-state index in [4.69, 9.17) is 33.7 Å². The summed E-state index contributed by atoms with van der Waals surface area (Å²) in [6.07, 6.45) is 1.65. The molecule has 0 unspecified atom stereocenters. The van der Waals surface area contributed by atoms with E-state index < -0.39 is 11.9 Å². The Hall–Kier alpha value is -0.350. The zero-order valence-corrected chi connectivity index (χ0v) is 10.8. The Morgan fingerprint density at radius 2 is 1.94 bits per heavy atom. The lowest BCUT2D eigenvalue weighted by molar-refractivity contribution is 0.0580. The predicted octanol–water partition coefficient (Wildman–Crippen LogP) is 3.56. The molecular weight excluding hydrogens is 264 g/mol. The van der Waals surface area contributed by atoms with E-state index in [9.17, 15) is 4.39 Å². The molecule has 0 amide bonds. The lowest BCUT2D eigenvalue weighted by atomic mass is 9.87. The number of nitrogens with two attached hydrogens (primary N) is 1. The van der Waals surface area contributed by atoms with E-state index in [0.717, 1.165) is 12.8 Å². The summed E-state index contributed by atoms with van der Waals surface area (Å²) in [7, 11) is 0. The predicted molar refractivity (Wildman–Crippen MR) is 66.9 cm³/mol. The molecule has 2 nitrogen and oxygen atoms in total. The molecule has 1 aliphatic rings. The van der Waals surface area contributed by atoms with Crippen LogP contribution in [-0.2, 0) is 4.74 Å². The van der Waals surface area contributed by atoms with Crippen molar-refractivity contribution in [1.29, 1.82) is 0 Å². The SMILES string of the molecule is N[C@@H](c1c(F)ccc(Cl)c1Cl)C1CCOCC1. The molecule has 1 fully saturated rings. The van der Waals surface area contributed by atoms with Gasteiger partial charge in [0.15, 0.2) is 0 Å². The third kappa shape index (κ3) is 2.74. The molecule has 1 atom stereocenters. The highest BCUT2D eigenvalue weighted by Crippen LogP contribution is 2.36. The molecule has 0 radical (unpaired) electrons. The van der Waals surface area contributed by atoms with E-state index in [0.29, 0.717) is 23.8 Å². The third-order valence-corrected chi connectivity index (χ3v) is 4.01. The van der Waals surface area contributed by atoms with E-state index in [1.807, 2.05) is 0 Å². The fraction of sp³-hybridized carbons (Fsp3) is 0.500. The van der Waals surface area contributed by atoms with Crippen molar-refractivity contribution in [2.45, 2.75) is 18.9 Å². The van der Waals surface area contributed by atoms with Gasteiger partial charge in [-0.1, -0.05) is 23.2 Å². The standard InChI is InChI=1S/C12H14Cl2FNO/c13-8-1-2-9(15)10(11(8)14)12(16)7-3-5-17-6-4-7/h1-2,7,12H,3-6,16H2/t12-/m1/s1. The Balaban J connectivity index is 2.29. The smallest absolute Gasteiger partial charge is 0.129 e. The zero-order chi connectivity index (χ0) is 12.4. The summed E-state index contributed by atoms with van der Waals surface area (Å²) < 4.78 is 19.0. The van der Waals surface area contributed by atoms with Gasteiger partial charge in [0.05, 0.1) is 10.0 Å². The summed E-state index contributed by atoms with van der Waals surface area (Å²) in [4.78, 5) is 0. The Bertz CT molecular complexity index is 408. The highest BCUT2D eigenvalue weighted by molar-refractivity contribution is 6.42. The van der Waals surface area contributed by atoms with Crippen LogP contribution in [0, 0.1) is 11.7 Å². The van der Waals surface area contributed by atoms with Crippen molar-refractivity contribution in [3.8, 4) is 0 Å². The molecule has 0 bridgehead atoms. The fourth-order valence-corrected chi connectivity index (χ4v) is 2.60. The highest BCUT2D eigenvalue weighted by atomic mass is 35.5. The van der Waals surface area contributed by atoms with E-state index in [-0.39, 0.29) is 10.9 Å². The van der Waals surface area contributed by atoms with E-state index >= 15 is 0 Å². The fourth-order valence-electron chi connectivity index (χ4n) is 2.16. The van der Waals surface area contributed by atoms with Crippen LogP contribution in [0.3, 0.4) is 0 Å². The minimum atomic E-state index is -0.426. The van der Waals surface area contributed by atoms with Gasteiger partial charge in [0.1, 0.15) is 5.82 Å². The molecule has 0 aliphatic carbocycles. The topological polar surface area (TPSA) is 35.2 Å². The molecule has 94 valence electrons. The van der Waals surface area contributed by atoms with E-state index in [2.05, 4.69) is 0 Å². The molecular formula is C12H14Cl2FNO. The summed E-state index contributed by atoms with van der Waals surface area (Å²) in [5.74, 6) is -0.201.